The maximum absolute atomic E-state index is 13.8. The molecule has 0 radical (unpaired) electrons. The molecule has 32 heavy (non-hydrogen) atoms. The lowest BCUT2D eigenvalue weighted by atomic mass is 10.1. The first-order valence-electron chi connectivity index (χ1n) is 8.84. The molecule has 0 bridgehead atoms. The SMILES string of the molecule is O=C1C(=Cc2cccc(Cl)c2Cl)Oc2cc(OCc3c(F)c(F)c(F)c(F)c3F)ccc21. The third-order valence-electron chi connectivity index (χ3n) is 4.59. The summed E-state index contributed by atoms with van der Waals surface area (Å²) in [6.07, 6.45) is 1.39. The second kappa shape index (κ2) is 8.44. The Labute approximate surface area is 187 Å². The third-order valence-corrected chi connectivity index (χ3v) is 5.43. The monoisotopic (exact) mass is 486 g/mol. The molecular formula is C22H9Cl2F5O3. The van der Waals surface area contributed by atoms with E-state index in [4.69, 9.17) is 32.7 Å². The number of fused-ring (bicyclic) bond motifs is 1. The van der Waals surface area contributed by atoms with Gasteiger partial charge in [-0.3, -0.25) is 4.79 Å². The van der Waals surface area contributed by atoms with Crippen molar-refractivity contribution < 1.29 is 36.2 Å². The van der Waals surface area contributed by atoms with Gasteiger partial charge in [0.1, 0.15) is 18.1 Å². The predicted octanol–water partition coefficient (Wildman–Crippen LogP) is 6.88. The molecule has 0 aliphatic carbocycles. The third kappa shape index (κ3) is 3.80. The summed E-state index contributed by atoms with van der Waals surface area (Å²) in [5, 5.41) is 0.508. The fourth-order valence-corrected chi connectivity index (χ4v) is 3.33. The van der Waals surface area contributed by atoms with E-state index in [1.807, 2.05) is 0 Å². The van der Waals surface area contributed by atoms with E-state index in [-0.39, 0.29) is 32.9 Å². The van der Waals surface area contributed by atoms with Gasteiger partial charge in [-0.05, 0) is 29.8 Å². The van der Waals surface area contributed by atoms with Crippen LogP contribution in [0.1, 0.15) is 21.5 Å². The number of carbonyl (C=O) groups excluding carboxylic acids is 1. The van der Waals surface area contributed by atoms with Gasteiger partial charge in [0.25, 0.3) is 0 Å². The lowest BCUT2D eigenvalue weighted by Gasteiger charge is -2.10. The summed E-state index contributed by atoms with van der Waals surface area (Å²) in [6.45, 7) is -0.945. The second-order valence-electron chi connectivity index (χ2n) is 6.58. The smallest absolute Gasteiger partial charge is 0.231 e. The number of hydrogen-bond donors (Lipinski definition) is 0. The fraction of sp³-hybridized carbons (Fsp3) is 0.0455. The summed E-state index contributed by atoms with van der Waals surface area (Å²) in [6, 6.07) is 8.72. The van der Waals surface area contributed by atoms with Gasteiger partial charge in [-0.1, -0.05) is 35.3 Å². The lowest BCUT2D eigenvalue weighted by molar-refractivity contribution is 0.101. The molecule has 3 aromatic carbocycles. The second-order valence-corrected chi connectivity index (χ2v) is 7.36. The molecule has 0 aromatic heterocycles. The molecule has 1 aliphatic rings. The molecule has 0 fully saturated rings. The van der Waals surface area contributed by atoms with Gasteiger partial charge in [-0.15, -0.1) is 0 Å². The number of Topliss-reactive ketones (excluding diaryl/α,β-unsaturated/α-hetero) is 1. The molecule has 0 spiro atoms. The van der Waals surface area contributed by atoms with Gasteiger partial charge >= 0.3 is 0 Å². The Kier molecular flexibility index (Phi) is 5.83. The van der Waals surface area contributed by atoms with E-state index in [2.05, 4.69) is 0 Å². The first-order chi connectivity index (χ1) is 15.2. The molecule has 1 aliphatic heterocycles. The molecule has 1 heterocycles. The van der Waals surface area contributed by atoms with Crippen LogP contribution >= 0.6 is 23.2 Å². The molecule has 0 N–H and O–H groups in total. The molecule has 4 rings (SSSR count). The van der Waals surface area contributed by atoms with E-state index in [1.165, 1.54) is 24.3 Å². The van der Waals surface area contributed by atoms with Gasteiger partial charge in [-0.25, -0.2) is 22.0 Å². The van der Waals surface area contributed by atoms with Crippen molar-refractivity contribution in [3.8, 4) is 11.5 Å². The van der Waals surface area contributed by atoms with Crippen LogP contribution in [-0.2, 0) is 6.61 Å². The Morgan fingerprint density at radius 3 is 2.25 bits per heavy atom. The Morgan fingerprint density at radius 2 is 1.56 bits per heavy atom. The Morgan fingerprint density at radius 1 is 0.906 bits per heavy atom. The zero-order chi connectivity index (χ0) is 23.2. The first-order valence-corrected chi connectivity index (χ1v) is 9.60. The van der Waals surface area contributed by atoms with Crippen molar-refractivity contribution >= 4 is 35.1 Å². The standard InChI is InChI=1S/C22H9Cl2F5O3/c23-13-3-1-2-9(16(13)24)6-15-22(30)11-5-4-10(7-14(11)32-15)31-8-12-17(25)19(27)21(29)20(28)18(12)26/h1-7H,8H2. The number of allylic oxidation sites excluding steroid dienone is 1. The van der Waals surface area contributed by atoms with Crippen molar-refractivity contribution in [1.82, 2.24) is 0 Å². The number of carbonyl (C=O) groups is 1. The summed E-state index contributed by atoms with van der Waals surface area (Å²) < 4.78 is 78.1. The topological polar surface area (TPSA) is 35.5 Å². The Hall–Kier alpha value is -3.10. The van der Waals surface area contributed by atoms with Crippen molar-refractivity contribution in [3.05, 3.63) is 98.0 Å². The van der Waals surface area contributed by atoms with E-state index >= 15 is 0 Å². The Bertz CT molecular complexity index is 1280. The highest BCUT2D eigenvalue weighted by atomic mass is 35.5. The Balaban J connectivity index is 1.58. The summed E-state index contributed by atoms with van der Waals surface area (Å²) in [4.78, 5) is 12.6. The number of benzene rings is 3. The summed E-state index contributed by atoms with van der Waals surface area (Å²) in [5.74, 6) is -10.8. The normalized spacial score (nSPS) is 14.0. The number of ketones is 1. The van der Waals surface area contributed by atoms with Gasteiger partial charge in [0.15, 0.2) is 29.0 Å². The highest BCUT2D eigenvalue weighted by molar-refractivity contribution is 6.43. The van der Waals surface area contributed by atoms with Crippen LogP contribution in [0.2, 0.25) is 10.0 Å². The molecule has 3 nitrogen and oxygen atoms in total. The van der Waals surface area contributed by atoms with Crippen LogP contribution in [-0.4, -0.2) is 5.78 Å². The predicted molar refractivity (Wildman–Crippen MR) is 106 cm³/mol. The molecule has 0 unspecified atom stereocenters. The maximum Gasteiger partial charge on any atom is 0.231 e. The van der Waals surface area contributed by atoms with Crippen LogP contribution in [0.5, 0.6) is 11.5 Å². The maximum atomic E-state index is 13.8. The highest BCUT2D eigenvalue weighted by Gasteiger charge is 2.29. The molecule has 3 aromatic rings. The van der Waals surface area contributed by atoms with Crippen molar-refractivity contribution in [3.63, 3.8) is 0 Å². The summed E-state index contributed by atoms with van der Waals surface area (Å²) >= 11 is 12.1. The molecule has 0 saturated heterocycles. The highest BCUT2D eigenvalue weighted by Crippen LogP contribution is 2.36. The molecule has 10 heteroatoms. The van der Waals surface area contributed by atoms with Gasteiger partial charge in [0.2, 0.25) is 11.6 Å². The van der Waals surface area contributed by atoms with Crippen molar-refractivity contribution in [2.24, 2.45) is 0 Å². The average molecular weight is 487 g/mol. The largest absolute Gasteiger partial charge is 0.489 e. The van der Waals surface area contributed by atoms with E-state index in [0.717, 1.165) is 0 Å². The van der Waals surface area contributed by atoms with Gasteiger partial charge in [0.05, 0.1) is 21.2 Å². The summed E-state index contributed by atoms with van der Waals surface area (Å²) in [7, 11) is 0. The fourth-order valence-electron chi connectivity index (χ4n) is 2.96. The van der Waals surface area contributed by atoms with Crippen LogP contribution in [0, 0.1) is 29.1 Å². The number of rotatable bonds is 4. The van der Waals surface area contributed by atoms with Gasteiger partial charge in [0, 0.05) is 6.07 Å². The number of hydrogen-bond acceptors (Lipinski definition) is 3. The molecule has 0 amide bonds. The van der Waals surface area contributed by atoms with Crippen LogP contribution in [0.25, 0.3) is 6.08 Å². The van der Waals surface area contributed by atoms with Crippen LogP contribution in [0.3, 0.4) is 0 Å². The van der Waals surface area contributed by atoms with Crippen molar-refractivity contribution in [2.75, 3.05) is 0 Å². The number of ether oxygens (including phenoxy) is 2. The van der Waals surface area contributed by atoms with Crippen LogP contribution < -0.4 is 9.47 Å². The van der Waals surface area contributed by atoms with Gasteiger partial charge < -0.3 is 9.47 Å². The zero-order valence-electron chi connectivity index (χ0n) is 15.6. The average Bonchev–Trinajstić information content (AvgIpc) is 3.08. The lowest BCUT2D eigenvalue weighted by Crippen LogP contribution is -2.09. The first kappa shape index (κ1) is 22.1. The molecule has 0 saturated carbocycles. The minimum absolute atomic E-state index is 0.0254. The van der Waals surface area contributed by atoms with Crippen molar-refractivity contribution in [1.29, 1.82) is 0 Å². The minimum Gasteiger partial charge on any atom is -0.489 e. The molecule has 0 atom stereocenters. The molecular weight excluding hydrogens is 478 g/mol. The molecule has 164 valence electrons. The van der Waals surface area contributed by atoms with Gasteiger partial charge in [-0.2, -0.15) is 0 Å². The minimum atomic E-state index is -2.26. The van der Waals surface area contributed by atoms with Crippen LogP contribution in [0.15, 0.2) is 42.2 Å². The summed E-state index contributed by atoms with van der Waals surface area (Å²) in [5.41, 5.74) is -0.508. The van der Waals surface area contributed by atoms with E-state index < -0.39 is 47.0 Å². The van der Waals surface area contributed by atoms with E-state index in [1.54, 1.807) is 18.2 Å². The zero-order valence-corrected chi connectivity index (χ0v) is 17.1. The van der Waals surface area contributed by atoms with Crippen LogP contribution in [0.4, 0.5) is 22.0 Å². The number of halogens is 7. The van der Waals surface area contributed by atoms with E-state index in [9.17, 15) is 26.7 Å². The quantitative estimate of drug-likeness (QED) is 0.174. The van der Waals surface area contributed by atoms with E-state index in [0.29, 0.717) is 5.56 Å². The van der Waals surface area contributed by atoms with Crippen molar-refractivity contribution in [2.45, 2.75) is 6.61 Å².